The molecule has 37 heavy (non-hydrogen) atoms. The van der Waals surface area contributed by atoms with Gasteiger partial charge in [0.2, 0.25) is 5.91 Å². The lowest BCUT2D eigenvalue weighted by Crippen LogP contribution is -2.10. The summed E-state index contributed by atoms with van der Waals surface area (Å²) in [6.07, 6.45) is 0.643. The first-order valence-electron chi connectivity index (χ1n) is 11.7. The summed E-state index contributed by atoms with van der Waals surface area (Å²) >= 11 is 6.70. The number of anilines is 1. The summed E-state index contributed by atoms with van der Waals surface area (Å²) in [6, 6.07) is 21.3. The van der Waals surface area contributed by atoms with Crippen molar-refractivity contribution in [3.8, 4) is 11.3 Å². The van der Waals surface area contributed by atoms with Crippen molar-refractivity contribution < 1.29 is 4.79 Å². The predicted octanol–water partition coefficient (Wildman–Crippen LogP) is 4.55. The number of carbonyl (C=O) groups is 1. The molecule has 3 aromatic heterocycles. The zero-order valence-corrected chi connectivity index (χ0v) is 20.6. The number of primary amides is 1. The number of hydrogen-bond donors (Lipinski definition) is 4. The Kier molecular flexibility index (Phi) is 5.42. The van der Waals surface area contributed by atoms with Crippen LogP contribution < -0.4 is 11.5 Å². The van der Waals surface area contributed by atoms with Gasteiger partial charge in [0.15, 0.2) is 5.82 Å². The van der Waals surface area contributed by atoms with Crippen LogP contribution in [0.2, 0.25) is 5.15 Å². The standard InChI is InChI=1S/C27H23ClN8O/c1-36-21-13-16(26(30)37)8-10-18(21)23(35-36)19(11-14-5-3-2-4-6-14)27-31-22(24(28)32-27)15-7-9-17-20(12-15)33-34-25(17)29/h2-10,12-13,19H,11H2,1H3,(H2,30,37)(H,31,32)(H3,29,33,34)/t19-/m0/s1. The number of nitrogen functional groups attached to an aromatic ring is 1. The molecule has 6 rings (SSSR count). The summed E-state index contributed by atoms with van der Waals surface area (Å²) in [5.74, 6) is 0.416. The number of rotatable bonds is 6. The highest BCUT2D eigenvalue weighted by atomic mass is 35.5. The third-order valence-electron chi connectivity index (χ3n) is 6.65. The minimum Gasteiger partial charge on any atom is -0.382 e. The number of aromatic nitrogens is 6. The fourth-order valence-corrected chi connectivity index (χ4v) is 5.03. The zero-order chi connectivity index (χ0) is 25.7. The highest BCUT2D eigenvalue weighted by molar-refractivity contribution is 6.32. The van der Waals surface area contributed by atoms with Gasteiger partial charge >= 0.3 is 0 Å². The lowest BCUT2D eigenvalue weighted by molar-refractivity contribution is 0.100. The van der Waals surface area contributed by atoms with Crippen LogP contribution in [0.25, 0.3) is 33.1 Å². The number of amides is 1. The number of aryl methyl sites for hydroxylation is 1. The molecular weight excluding hydrogens is 488 g/mol. The zero-order valence-electron chi connectivity index (χ0n) is 19.9. The second kappa shape index (κ2) is 8.79. The number of imidazole rings is 1. The van der Waals surface area contributed by atoms with E-state index in [2.05, 4.69) is 27.3 Å². The van der Waals surface area contributed by atoms with Crippen LogP contribution in [0.4, 0.5) is 5.82 Å². The monoisotopic (exact) mass is 510 g/mol. The Labute approximate surface area is 216 Å². The van der Waals surface area contributed by atoms with Gasteiger partial charge < -0.3 is 16.5 Å². The third-order valence-corrected chi connectivity index (χ3v) is 6.92. The number of aromatic amines is 2. The lowest BCUT2D eigenvalue weighted by atomic mass is 9.93. The van der Waals surface area contributed by atoms with Crippen LogP contribution in [0.15, 0.2) is 66.7 Å². The maximum absolute atomic E-state index is 11.8. The van der Waals surface area contributed by atoms with Gasteiger partial charge in [0.25, 0.3) is 0 Å². The van der Waals surface area contributed by atoms with Gasteiger partial charge in [-0.1, -0.05) is 54.1 Å². The largest absolute Gasteiger partial charge is 0.382 e. The molecule has 0 bridgehead atoms. The molecule has 0 saturated carbocycles. The molecule has 0 aliphatic rings. The summed E-state index contributed by atoms with van der Waals surface area (Å²) in [4.78, 5) is 20.0. The van der Waals surface area contributed by atoms with E-state index in [-0.39, 0.29) is 5.92 Å². The number of nitrogens with two attached hydrogens (primary N) is 2. The first kappa shape index (κ1) is 22.8. The molecule has 9 nitrogen and oxygen atoms in total. The van der Waals surface area contributed by atoms with E-state index >= 15 is 0 Å². The molecule has 3 aromatic carbocycles. The van der Waals surface area contributed by atoms with E-state index in [9.17, 15) is 4.79 Å². The number of fused-ring (bicyclic) bond motifs is 2. The number of hydrogen-bond acceptors (Lipinski definition) is 5. The number of carbonyl (C=O) groups excluding carboxylic acids is 1. The first-order valence-corrected chi connectivity index (χ1v) is 12.1. The molecule has 0 saturated heterocycles. The summed E-state index contributed by atoms with van der Waals surface area (Å²) < 4.78 is 1.76. The Hall–Kier alpha value is -4.63. The van der Waals surface area contributed by atoms with Crippen LogP contribution in [0, 0.1) is 0 Å². The van der Waals surface area contributed by atoms with Gasteiger partial charge in [-0.25, -0.2) is 4.98 Å². The second-order valence-corrected chi connectivity index (χ2v) is 9.38. The van der Waals surface area contributed by atoms with Crippen molar-refractivity contribution in [3.05, 3.63) is 94.5 Å². The Morgan fingerprint density at radius 2 is 1.86 bits per heavy atom. The van der Waals surface area contributed by atoms with Crippen LogP contribution >= 0.6 is 11.6 Å². The molecule has 0 aliphatic carbocycles. The van der Waals surface area contributed by atoms with E-state index < -0.39 is 5.91 Å². The van der Waals surface area contributed by atoms with Crippen molar-refractivity contribution >= 4 is 45.1 Å². The highest BCUT2D eigenvalue weighted by Gasteiger charge is 2.26. The molecule has 0 aliphatic heterocycles. The Balaban J connectivity index is 1.49. The maximum Gasteiger partial charge on any atom is 0.248 e. The van der Waals surface area contributed by atoms with Gasteiger partial charge in [-0.3, -0.25) is 14.6 Å². The minimum atomic E-state index is -0.482. The van der Waals surface area contributed by atoms with Gasteiger partial charge in [-0.05, 0) is 36.2 Å². The number of halogens is 1. The smallest absolute Gasteiger partial charge is 0.248 e. The number of nitrogens with zero attached hydrogens (tertiary/aromatic N) is 4. The lowest BCUT2D eigenvalue weighted by Gasteiger charge is -2.13. The summed E-state index contributed by atoms with van der Waals surface area (Å²) in [5.41, 5.74) is 16.9. The molecular formula is C27H23ClN8O. The van der Waals surface area contributed by atoms with Gasteiger partial charge in [0.05, 0.1) is 22.6 Å². The van der Waals surface area contributed by atoms with Crippen molar-refractivity contribution in [2.24, 2.45) is 12.8 Å². The summed E-state index contributed by atoms with van der Waals surface area (Å²) in [5, 5.41) is 14.0. The molecule has 1 atom stereocenters. The van der Waals surface area contributed by atoms with E-state index in [0.717, 1.165) is 38.6 Å². The molecule has 0 spiro atoms. The SMILES string of the molecule is Cn1nc([C@H](Cc2ccccc2)c2nc(-c3ccc4c(N)n[nH]c4c3)c(Cl)[nH]2)c2ccc(C(N)=O)cc21. The maximum atomic E-state index is 11.8. The Bertz CT molecular complexity index is 1780. The van der Waals surface area contributed by atoms with Crippen molar-refractivity contribution in [1.29, 1.82) is 0 Å². The normalized spacial score (nSPS) is 12.4. The van der Waals surface area contributed by atoms with Crippen LogP contribution in [-0.4, -0.2) is 35.9 Å². The van der Waals surface area contributed by atoms with Crippen LogP contribution in [0.5, 0.6) is 0 Å². The molecule has 3 heterocycles. The number of nitrogens with one attached hydrogen (secondary N) is 2. The molecule has 184 valence electrons. The average molecular weight is 511 g/mol. The van der Waals surface area contributed by atoms with E-state index in [1.165, 1.54) is 0 Å². The number of benzene rings is 3. The van der Waals surface area contributed by atoms with Gasteiger partial charge in [-0.2, -0.15) is 10.2 Å². The summed E-state index contributed by atoms with van der Waals surface area (Å²) in [6.45, 7) is 0. The number of H-pyrrole nitrogens is 2. The Morgan fingerprint density at radius 1 is 1.08 bits per heavy atom. The highest BCUT2D eigenvalue weighted by Crippen LogP contribution is 2.36. The van der Waals surface area contributed by atoms with E-state index in [1.807, 2.05) is 49.5 Å². The van der Waals surface area contributed by atoms with Crippen molar-refractivity contribution in [3.63, 3.8) is 0 Å². The predicted molar refractivity (Wildman–Crippen MR) is 144 cm³/mol. The second-order valence-electron chi connectivity index (χ2n) is 9.00. The molecule has 6 aromatic rings. The molecule has 0 unspecified atom stereocenters. The molecule has 0 fully saturated rings. The van der Waals surface area contributed by atoms with Gasteiger partial charge in [0.1, 0.15) is 16.7 Å². The average Bonchev–Trinajstić information content (AvgIpc) is 3.57. The van der Waals surface area contributed by atoms with E-state index in [0.29, 0.717) is 34.5 Å². The third kappa shape index (κ3) is 3.99. The van der Waals surface area contributed by atoms with Crippen molar-refractivity contribution in [1.82, 2.24) is 29.9 Å². The van der Waals surface area contributed by atoms with E-state index in [4.69, 9.17) is 33.2 Å². The first-order chi connectivity index (χ1) is 17.9. The topological polar surface area (TPSA) is 144 Å². The van der Waals surface area contributed by atoms with Crippen LogP contribution in [-0.2, 0) is 13.5 Å². The fourth-order valence-electron chi connectivity index (χ4n) is 4.78. The quantitative estimate of drug-likeness (QED) is 0.260. The van der Waals surface area contributed by atoms with E-state index in [1.54, 1.807) is 16.8 Å². The molecule has 6 N–H and O–H groups in total. The molecule has 0 radical (unpaired) electrons. The Morgan fingerprint density at radius 3 is 2.65 bits per heavy atom. The van der Waals surface area contributed by atoms with Crippen molar-refractivity contribution in [2.75, 3.05) is 5.73 Å². The van der Waals surface area contributed by atoms with Crippen LogP contribution in [0.3, 0.4) is 0 Å². The van der Waals surface area contributed by atoms with Crippen molar-refractivity contribution in [2.45, 2.75) is 12.3 Å². The molecule has 10 heteroatoms. The van der Waals surface area contributed by atoms with Gasteiger partial charge in [-0.15, -0.1) is 0 Å². The molecule has 1 amide bonds. The summed E-state index contributed by atoms with van der Waals surface area (Å²) in [7, 11) is 1.85. The van der Waals surface area contributed by atoms with Crippen LogP contribution in [0.1, 0.15) is 33.4 Å². The van der Waals surface area contributed by atoms with Gasteiger partial charge in [0, 0.05) is 28.9 Å². The minimum absolute atomic E-state index is 0.233. The fraction of sp³-hybridized carbons (Fsp3) is 0.111.